The van der Waals surface area contributed by atoms with Crippen molar-refractivity contribution in [1.82, 2.24) is 4.90 Å². The van der Waals surface area contributed by atoms with Crippen molar-refractivity contribution in [2.75, 3.05) is 12.3 Å². The Morgan fingerprint density at radius 1 is 1.10 bits per heavy atom. The zero-order chi connectivity index (χ0) is 14.0. The molecule has 21 heavy (non-hydrogen) atoms. The Bertz CT molecular complexity index is 782. The molecule has 2 aliphatic heterocycles. The molecule has 1 amide bonds. The van der Waals surface area contributed by atoms with Crippen molar-refractivity contribution >= 4 is 33.6 Å². The second-order valence-electron chi connectivity index (χ2n) is 6.05. The maximum atomic E-state index is 12.5. The molecule has 104 valence electrons. The molecule has 1 spiro atoms. The maximum Gasteiger partial charge on any atom is 0.274 e. The van der Waals surface area contributed by atoms with Gasteiger partial charge in [0.2, 0.25) is 0 Å². The fourth-order valence-corrected chi connectivity index (χ4v) is 4.92. The number of amidine groups is 1. The number of aliphatic imine (C=N–C) groups is 1. The summed E-state index contributed by atoms with van der Waals surface area (Å²) in [7, 11) is 0. The fourth-order valence-electron chi connectivity index (χ4n) is 3.90. The van der Waals surface area contributed by atoms with Crippen molar-refractivity contribution in [2.45, 2.75) is 18.4 Å². The van der Waals surface area contributed by atoms with Crippen molar-refractivity contribution in [3.8, 4) is 0 Å². The lowest BCUT2D eigenvalue weighted by Gasteiger charge is -2.31. The van der Waals surface area contributed by atoms with E-state index in [0.29, 0.717) is 0 Å². The molecule has 1 saturated heterocycles. The predicted molar refractivity (Wildman–Crippen MR) is 85.7 cm³/mol. The number of hydrogen-bond donors (Lipinski definition) is 0. The van der Waals surface area contributed by atoms with Crippen LogP contribution >= 0.6 is 11.8 Å². The SMILES string of the molecule is O=C1N=C2SCCN2C12Cc1cc3ccccc3cc1C2. The highest BCUT2D eigenvalue weighted by Gasteiger charge is 2.54. The van der Waals surface area contributed by atoms with Crippen molar-refractivity contribution in [1.29, 1.82) is 0 Å². The van der Waals surface area contributed by atoms with Crippen LogP contribution in [0.15, 0.2) is 41.4 Å². The lowest BCUT2D eigenvalue weighted by atomic mass is 9.94. The Morgan fingerprint density at radius 2 is 1.76 bits per heavy atom. The average molecular weight is 294 g/mol. The Kier molecular flexibility index (Phi) is 2.19. The van der Waals surface area contributed by atoms with E-state index in [1.807, 2.05) is 0 Å². The zero-order valence-corrected chi connectivity index (χ0v) is 12.3. The molecular weight excluding hydrogens is 280 g/mol. The molecule has 2 aromatic carbocycles. The van der Waals surface area contributed by atoms with Gasteiger partial charge in [0.05, 0.1) is 0 Å². The van der Waals surface area contributed by atoms with Gasteiger partial charge in [-0.25, -0.2) is 0 Å². The monoisotopic (exact) mass is 294 g/mol. The Hall–Kier alpha value is -1.81. The van der Waals surface area contributed by atoms with Crippen LogP contribution in [0, 0.1) is 0 Å². The summed E-state index contributed by atoms with van der Waals surface area (Å²) in [6.07, 6.45) is 1.61. The normalized spacial score (nSPS) is 22.0. The molecule has 0 saturated carbocycles. The highest BCUT2D eigenvalue weighted by molar-refractivity contribution is 8.14. The number of thioether (sulfide) groups is 1. The summed E-state index contributed by atoms with van der Waals surface area (Å²) in [4.78, 5) is 19.1. The van der Waals surface area contributed by atoms with Gasteiger partial charge in [0.1, 0.15) is 5.54 Å². The first-order chi connectivity index (χ1) is 10.3. The van der Waals surface area contributed by atoms with Crippen LogP contribution in [0.25, 0.3) is 10.8 Å². The summed E-state index contributed by atoms with van der Waals surface area (Å²) in [6, 6.07) is 12.9. The van der Waals surface area contributed by atoms with Crippen molar-refractivity contribution in [3.05, 3.63) is 47.5 Å². The molecule has 1 fully saturated rings. The maximum absolute atomic E-state index is 12.5. The number of nitrogens with zero attached hydrogens (tertiary/aromatic N) is 2. The Labute approximate surface area is 127 Å². The molecule has 1 aliphatic carbocycles. The molecule has 2 aromatic rings. The zero-order valence-electron chi connectivity index (χ0n) is 11.5. The van der Waals surface area contributed by atoms with E-state index in [1.165, 1.54) is 21.9 Å². The number of fused-ring (bicyclic) bond motifs is 4. The van der Waals surface area contributed by atoms with Gasteiger partial charge in [-0.05, 0) is 21.9 Å². The first kappa shape index (κ1) is 11.8. The molecule has 0 unspecified atom stereocenters. The lowest BCUT2D eigenvalue weighted by molar-refractivity contribution is -0.125. The van der Waals surface area contributed by atoms with Gasteiger partial charge in [-0.3, -0.25) is 4.79 Å². The van der Waals surface area contributed by atoms with E-state index in [4.69, 9.17) is 0 Å². The van der Waals surface area contributed by atoms with Crippen LogP contribution < -0.4 is 0 Å². The Morgan fingerprint density at radius 3 is 2.43 bits per heavy atom. The molecular formula is C17H14N2OS. The third-order valence-electron chi connectivity index (χ3n) is 4.92. The molecule has 0 bridgehead atoms. The van der Waals surface area contributed by atoms with E-state index >= 15 is 0 Å². The van der Waals surface area contributed by atoms with Crippen molar-refractivity contribution in [3.63, 3.8) is 0 Å². The van der Waals surface area contributed by atoms with Crippen molar-refractivity contribution < 1.29 is 4.79 Å². The molecule has 0 N–H and O–H groups in total. The van der Waals surface area contributed by atoms with E-state index in [0.717, 1.165) is 30.3 Å². The fraction of sp³-hybridized carbons (Fsp3) is 0.294. The van der Waals surface area contributed by atoms with Crippen LogP contribution in [-0.2, 0) is 17.6 Å². The molecule has 4 heteroatoms. The highest BCUT2D eigenvalue weighted by atomic mass is 32.2. The van der Waals surface area contributed by atoms with Crippen LogP contribution in [0.3, 0.4) is 0 Å². The quantitative estimate of drug-likeness (QED) is 0.749. The first-order valence-corrected chi connectivity index (χ1v) is 8.29. The minimum Gasteiger partial charge on any atom is -0.335 e. The van der Waals surface area contributed by atoms with Crippen LogP contribution in [0.4, 0.5) is 0 Å². The van der Waals surface area contributed by atoms with Gasteiger partial charge in [-0.1, -0.05) is 48.2 Å². The first-order valence-electron chi connectivity index (χ1n) is 7.30. The Balaban J connectivity index is 1.64. The third-order valence-corrected chi connectivity index (χ3v) is 5.88. The summed E-state index contributed by atoms with van der Waals surface area (Å²) in [6.45, 7) is 0.947. The van der Waals surface area contributed by atoms with Crippen LogP contribution in [0.2, 0.25) is 0 Å². The molecule has 0 radical (unpaired) electrons. The second kappa shape index (κ2) is 3.89. The van der Waals surface area contributed by atoms with Gasteiger partial charge >= 0.3 is 0 Å². The number of rotatable bonds is 0. The van der Waals surface area contributed by atoms with Gasteiger partial charge < -0.3 is 4.90 Å². The van der Waals surface area contributed by atoms with Gasteiger partial charge in [0.15, 0.2) is 5.17 Å². The molecule has 0 atom stereocenters. The van der Waals surface area contributed by atoms with Crippen LogP contribution in [0.5, 0.6) is 0 Å². The minimum absolute atomic E-state index is 0.0601. The van der Waals surface area contributed by atoms with Crippen LogP contribution in [0.1, 0.15) is 11.1 Å². The third kappa shape index (κ3) is 1.46. The largest absolute Gasteiger partial charge is 0.335 e. The topological polar surface area (TPSA) is 32.7 Å². The average Bonchev–Trinajstić information content (AvgIpc) is 3.14. The van der Waals surface area contributed by atoms with Gasteiger partial charge in [0.25, 0.3) is 5.91 Å². The number of carbonyl (C=O) groups is 1. The van der Waals surface area contributed by atoms with E-state index in [2.05, 4.69) is 46.3 Å². The summed E-state index contributed by atoms with van der Waals surface area (Å²) in [5.41, 5.74) is 2.21. The molecule has 5 rings (SSSR count). The van der Waals surface area contributed by atoms with Gasteiger partial charge in [-0.2, -0.15) is 4.99 Å². The minimum atomic E-state index is -0.418. The van der Waals surface area contributed by atoms with E-state index in [-0.39, 0.29) is 5.91 Å². The molecule has 0 aromatic heterocycles. The predicted octanol–water partition coefficient (Wildman–Crippen LogP) is 2.62. The van der Waals surface area contributed by atoms with Gasteiger partial charge in [0, 0.05) is 25.1 Å². The molecule has 3 aliphatic rings. The number of amides is 1. The summed E-state index contributed by atoms with van der Waals surface area (Å²) < 4.78 is 0. The number of carbonyl (C=O) groups excluding carboxylic acids is 1. The van der Waals surface area contributed by atoms with Crippen molar-refractivity contribution in [2.24, 2.45) is 4.99 Å². The molecule has 3 nitrogen and oxygen atoms in total. The van der Waals surface area contributed by atoms with E-state index < -0.39 is 5.54 Å². The highest BCUT2D eigenvalue weighted by Crippen LogP contribution is 2.43. The van der Waals surface area contributed by atoms with E-state index in [9.17, 15) is 4.79 Å². The van der Waals surface area contributed by atoms with Gasteiger partial charge in [-0.15, -0.1) is 0 Å². The standard InChI is InChI=1S/C17H14N2OS/c20-15-17(19-5-6-21-16(19)18-15)9-13-7-11-3-1-2-4-12(11)8-14(13)10-17/h1-4,7-8H,5-6,9-10H2. The smallest absolute Gasteiger partial charge is 0.274 e. The van der Waals surface area contributed by atoms with E-state index in [1.54, 1.807) is 11.8 Å². The number of benzene rings is 2. The van der Waals surface area contributed by atoms with Crippen LogP contribution in [-0.4, -0.2) is 33.8 Å². The lowest BCUT2D eigenvalue weighted by Crippen LogP contribution is -2.50. The number of hydrogen-bond acceptors (Lipinski definition) is 3. The second-order valence-corrected chi connectivity index (χ2v) is 7.11. The summed E-state index contributed by atoms with van der Waals surface area (Å²) in [5.74, 6) is 1.11. The summed E-state index contributed by atoms with van der Waals surface area (Å²) in [5, 5.41) is 3.46. The summed E-state index contributed by atoms with van der Waals surface area (Å²) >= 11 is 1.71. The molecule has 2 heterocycles.